The van der Waals surface area contributed by atoms with Crippen molar-refractivity contribution in [3.63, 3.8) is 0 Å². The number of benzene rings is 1. The average Bonchev–Trinajstić information content (AvgIpc) is 2.78. The van der Waals surface area contributed by atoms with Gasteiger partial charge in [-0.25, -0.2) is 4.39 Å². The molecule has 0 bridgehead atoms. The topological polar surface area (TPSA) is 54.5 Å². The van der Waals surface area contributed by atoms with Gasteiger partial charge in [0.25, 0.3) is 0 Å². The Morgan fingerprint density at radius 1 is 1.35 bits per heavy atom. The first-order chi connectivity index (χ1) is 9.69. The SMILES string of the molecule is N#Cn1nc(Cc2ccccc2F)c2ncc(Cl)cc21. The molecular formula is C14H8ClFN4. The van der Waals surface area contributed by atoms with Gasteiger partial charge in [0.15, 0.2) is 0 Å². The lowest BCUT2D eigenvalue weighted by molar-refractivity contribution is 0.613. The first-order valence-electron chi connectivity index (χ1n) is 5.85. The van der Waals surface area contributed by atoms with Crippen LogP contribution in [0.5, 0.6) is 0 Å². The van der Waals surface area contributed by atoms with Crippen molar-refractivity contribution in [1.29, 1.82) is 5.26 Å². The second-order valence-electron chi connectivity index (χ2n) is 4.25. The van der Waals surface area contributed by atoms with Crippen LogP contribution in [0, 0.1) is 17.3 Å². The normalized spacial score (nSPS) is 10.7. The molecule has 98 valence electrons. The summed E-state index contributed by atoms with van der Waals surface area (Å²) in [5, 5.41) is 13.6. The molecule has 6 heteroatoms. The lowest BCUT2D eigenvalue weighted by atomic mass is 10.1. The molecule has 2 aromatic heterocycles. The molecule has 3 rings (SSSR count). The summed E-state index contributed by atoms with van der Waals surface area (Å²) in [7, 11) is 0. The van der Waals surface area contributed by atoms with Crippen LogP contribution in [0.3, 0.4) is 0 Å². The van der Waals surface area contributed by atoms with Crippen LogP contribution >= 0.6 is 11.6 Å². The van der Waals surface area contributed by atoms with Gasteiger partial charge in [-0.2, -0.15) is 15.0 Å². The molecule has 1 aromatic carbocycles. The van der Waals surface area contributed by atoms with Crippen LogP contribution in [0.25, 0.3) is 11.0 Å². The van der Waals surface area contributed by atoms with Gasteiger partial charge >= 0.3 is 0 Å². The van der Waals surface area contributed by atoms with Crippen LogP contribution in [0.15, 0.2) is 36.5 Å². The molecule has 0 aliphatic carbocycles. The van der Waals surface area contributed by atoms with Crippen molar-refractivity contribution in [3.05, 3.63) is 58.6 Å². The molecule has 0 unspecified atom stereocenters. The van der Waals surface area contributed by atoms with E-state index in [9.17, 15) is 4.39 Å². The van der Waals surface area contributed by atoms with Crippen molar-refractivity contribution >= 4 is 22.6 Å². The summed E-state index contributed by atoms with van der Waals surface area (Å²) in [6.07, 6.45) is 3.69. The Morgan fingerprint density at radius 2 is 2.15 bits per heavy atom. The Hall–Kier alpha value is -2.45. The fraction of sp³-hybridized carbons (Fsp3) is 0.0714. The average molecular weight is 287 g/mol. The molecule has 0 N–H and O–H groups in total. The Labute approximate surface area is 119 Å². The maximum atomic E-state index is 13.7. The molecule has 20 heavy (non-hydrogen) atoms. The van der Waals surface area contributed by atoms with Gasteiger partial charge in [-0.1, -0.05) is 29.8 Å². The highest BCUT2D eigenvalue weighted by Crippen LogP contribution is 2.22. The summed E-state index contributed by atoms with van der Waals surface area (Å²) >= 11 is 5.87. The van der Waals surface area contributed by atoms with Gasteiger partial charge < -0.3 is 0 Å². The number of fused-ring (bicyclic) bond motifs is 1. The number of hydrogen-bond donors (Lipinski definition) is 0. The van der Waals surface area contributed by atoms with Crippen LogP contribution in [0.1, 0.15) is 11.3 Å². The highest BCUT2D eigenvalue weighted by Gasteiger charge is 2.14. The zero-order valence-electron chi connectivity index (χ0n) is 10.2. The third-order valence-electron chi connectivity index (χ3n) is 2.97. The number of nitrogens with zero attached hydrogens (tertiary/aromatic N) is 4. The summed E-state index contributed by atoms with van der Waals surface area (Å²) in [5.74, 6) is -0.305. The van der Waals surface area contributed by atoms with Crippen LogP contribution in [-0.2, 0) is 6.42 Å². The summed E-state index contributed by atoms with van der Waals surface area (Å²) in [5.41, 5.74) is 2.13. The maximum Gasteiger partial charge on any atom is 0.207 e. The van der Waals surface area contributed by atoms with Crippen molar-refractivity contribution in [3.8, 4) is 6.19 Å². The minimum atomic E-state index is -0.305. The molecule has 0 aliphatic heterocycles. The number of rotatable bonds is 2. The molecule has 0 radical (unpaired) electrons. The lowest BCUT2D eigenvalue weighted by Gasteiger charge is -2.00. The number of halogens is 2. The number of nitriles is 1. The third kappa shape index (κ3) is 2.10. The molecule has 0 saturated carbocycles. The maximum absolute atomic E-state index is 13.7. The smallest absolute Gasteiger partial charge is 0.207 e. The van der Waals surface area contributed by atoms with Gasteiger partial charge in [-0.3, -0.25) is 4.98 Å². The van der Waals surface area contributed by atoms with E-state index in [2.05, 4.69) is 10.1 Å². The molecular weight excluding hydrogens is 279 g/mol. The fourth-order valence-corrected chi connectivity index (χ4v) is 2.20. The van der Waals surface area contributed by atoms with E-state index < -0.39 is 0 Å². The van der Waals surface area contributed by atoms with E-state index in [0.29, 0.717) is 27.3 Å². The van der Waals surface area contributed by atoms with Crippen LogP contribution in [-0.4, -0.2) is 14.8 Å². The van der Waals surface area contributed by atoms with E-state index >= 15 is 0 Å². The van der Waals surface area contributed by atoms with E-state index in [-0.39, 0.29) is 12.2 Å². The number of pyridine rings is 1. The van der Waals surface area contributed by atoms with Crippen LogP contribution in [0.4, 0.5) is 4.39 Å². The first-order valence-corrected chi connectivity index (χ1v) is 6.23. The summed E-state index contributed by atoms with van der Waals surface area (Å²) in [6, 6.07) is 8.07. The van der Waals surface area contributed by atoms with Crippen molar-refractivity contribution in [2.75, 3.05) is 0 Å². The first kappa shape index (κ1) is 12.6. The monoisotopic (exact) mass is 286 g/mol. The molecule has 0 atom stereocenters. The van der Waals surface area contributed by atoms with Crippen LogP contribution < -0.4 is 0 Å². The summed E-state index contributed by atoms with van der Waals surface area (Å²) in [6.45, 7) is 0. The fourth-order valence-electron chi connectivity index (χ4n) is 2.05. The summed E-state index contributed by atoms with van der Waals surface area (Å²) in [4.78, 5) is 4.19. The molecule has 3 aromatic rings. The van der Waals surface area contributed by atoms with Gasteiger partial charge in [0, 0.05) is 12.6 Å². The second-order valence-corrected chi connectivity index (χ2v) is 4.68. The minimum Gasteiger partial charge on any atom is -0.251 e. The Balaban J connectivity index is 2.13. The van der Waals surface area contributed by atoms with Crippen molar-refractivity contribution in [2.45, 2.75) is 6.42 Å². The predicted octanol–water partition coefficient (Wildman–Crippen LogP) is 3.14. The standard InChI is InChI=1S/C14H8ClFN4/c15-10-6-13-14(18-7-10)12(19-20(13)8-17)5-9-3-1-2-4-11(9)16/h1-4,6-7H,5H2. The van der Waals surface area contributed by atoms with Gasteiger partial charge in [0.2, 0.25) is 6.19 Å². The molecule has 0 fully saturated rings. The molecule has 0 amide bonds. The van der Waals surface area contributed by atoms with Crippen LogP contribution in [0.2, 0.25) is 5.02 Å². The third-order valence-corrected chi connectivity index (χ3v) is 3.17. The highest BCUT2D eigenvalue weighted by atomic mass is 35.5. The number of hydrogen-bond acceptors (Lipinski definition) is 3. The van der Waals surface area contributed by atoms with E-state index in [0.717, 1.165) is 4.68 Å². The van der Waals surface area contributed by atoms with Crippen molar-refractivity contribution < 1.29 is 4.39 Å². The Bertz CT molecular complexity index is 835. The quantitative estimate of drug-likeness (QED) is 0.727. The van der Waals surface area contributed by atoms with Gasteiger partial charge in [-0.15, -0.1) is 0 Å². The molecule has 4 nitrogen and oxygen atoms in total. The molecule has 2 heterocycles. The van der Waals surface area contributed by atoms with E-state index in [1.54, 1.807) is 24.3 Å². The van der Waals surface area contributed by atoms with Gasteiger partial charge in [0.1, 0.15) is 16.9 Å². The molecule has 0 aliphatic rings. The minimum absolute atomic E-state index is 0.270. The summed E-state index contributed by atoms with van der Waals surface area (Å²) < 4.78 is 14.8. The molecule has 0 saturated heterocycles. The Morgan fingerprint density at radius 3 is 2.90 bits per heavy atom. The second kappa shape index (κ2) is 4.91. The zero-order valence-corrected chi connectivity index (χ0v) is 11.0. The highest BCUT2D eigenvalue weighted by molar-refractivity contribution is 6.31. The van der Waals surface area contributed by atoms with E-state index in [4.69, 9.17) is 16.9 Å². The predicted molar refractivity (Wildman–Crippen MR) is 72.8 cm³/mol. The molecule has 0 spiro atoms. The zero-order chi connectivity index (χ0) is 14.1. The number of aromatic nitrogens is 3. The van der Waals surface area contributed by atoms with Crippen molar-refractivity contribution in [1.82, 2.24) is 14.8 Å². The van der Waals surface area contributed by atoms with Gasteiger partial charge in [0.05, 0.1) is 10.7 Å². The lowest BCUT2D eigenvalue weighted by Crippen LogP contribution is -1.95. The largest absolute Gasteiger partial charge is 0.251 e. The van der Waals surface area contributed by atoms with Crippen molar-refractivity contribution in [2.24, 2.45) is 0 Å². The Kier molecular flexibility index (Phi) is 3.09. The van der Waals surface area contributed by atoms with E-state index in [1.807, 2.05) is 6.19 Å². The van der Waals surface area contributed by atoms with Gasteiger partial charge in [-0.05, 0) is 17.7 Å². The van der Waals surface area contributed by atoms with E-state index in [1.165, 1.54) is 12.3 Å².